The lowest BCUT2D eigenvalue weighted by molar-refractivity contribution is -0.143. The Morgan fingerprint density at radius 3 is 0.844 bits per heavy atom. The van der Waals surface area contributed by atoms with Crippen LogP contribution in [0.15, 0.2) is 24.3 Å². The molecule has 534 valence electrons. The number of ether oxygens (including phenoxy) is 1. The van der Waals surface area contributed by atoms with E-state index in [-0.39, 0.29) is 18.5 Å². The Morgan fingerprint density at radius 2 is 0.556 bits per heavy atom. The van der Waals surface area contributed by atoms with E-state index in [4.69, 9.17) is 4.74 Å². The predicted octanol–water partition coefficient (Wildman–Crippen LogP) is 27.6. The molecule has 0 aliphatic rings. The summed E-state index contributed by atoms with van der Waals surface area (Å²) in [5, 5.41) is 23.4. The summed E-state index contributed by atoms with van der Waals surface area (Å²) in [6.45, 7) is 5.01. The second-order valence-corrected chi connectivity index (χ2v) is 28.8. The Labute approximate surface area is 564 Å². The molecule has 3 N–H and O–H groups in total. The van der Waals surface area contributed by atoms with Gasteiger partial charge in [-0.3, -0.25) is 9.59 Å². The van der Waals surface area contributed by atoms with E-state index >= 15 is 0 Å². The van der Waals surface area contributed by atoms with Crippen LogP contribution in [0.2, 0.25) is 0 Å². The monoisotopic (exact) mass is 1270 g/mol. The highest BCUT2D eigenvalue weighted by atomic mass is 16.5. The molecule has 0 aromatic carbocycles. The molecule has 0 spiro atoms. The lowest BCUT2D eigenvalue weighted by Gasteiger charge is -2.22. The van der Waals surface area contributed by atoms with E-state index in [9.17, 15) is 19.8 Å². The highest BCUT2D eigenvalue weighted by Gasteiger charge is 2.20. The molecule has 0 radical (unpaired) electrons. The normalized spacial score (nSPS) is 12.5. The number of allylic oxidation sites excluding steroid dienone is 4. The van der Waals surface area contributed by atoms with Crippen molar-refractivity contribution in [2.75, 3.05) is 13.2 Å². The van der Waals surface area contributed by atoms with Crippen LogP contribution < -0.4 is 5.32 Å². The largest absolute Gasteiger partial charge is 0.466 e. The third-order valence-corrected chi connectivity index (χ3v) is 19.8. The standard InChI is InChI=1S/C84H163NO5/c1-3-5-7-9-11-13-15-17-19-21-40-44-48-52-56-60-64-68-72-76-82(87)81(80-86)85-83(88)77-73-69-65-61-57-53-49-45-42-38-36-34-32-30-28-26-24-23-25-27-29-31-33-35-37-39-43-47-51-55-59-63-67-71-75-79-90-84(89)78-74-70-66-62-58-54-50-46-41-22-20-18-16-14-12-10-8-6-4-2/h25,27,31,33,81-82,86-87H,3-24,26,28-30,32,34-80H2,1-2H3,(H,85,88)/b27-25-,33-31-. The Kier molecular flexibility index (Phi) is 78.3. The van der Waals surface area contributed by atoms with E-state index in [1.807, 2.05) is 0 Å². The van der Waals surface area contributed by atoms with Crippen molar-refractivity contribution in [3.8, 4) is 0 Å². The number of aliphatic hydroxyl groups excluding tert-OH is 2. The van der Waals surface area contributed by atoms with Crippen LogP contribution in [-0.4, -0.2) is 47.4 Å². The molecule has 2 atom stereocenters. The van der Waals surface area contributed by atoms with Gasteiger partial charge in [0.2, 0.25) is 5.91 Å². The molecule has 0 heterocycles. The fourth-order valence-electron chi connectivity index (χ4n) is 13.4. The summed E-state index contributed by atoms with van der Waals surface area (Å²) in [6.07, 6.45) is 103. The number of hydrogen-bond donors (Lipinski definition) is 3. The van der Waals surface area contributed by atoms with Crippen molar-refractivity contribution in [2.45, 2.75) is 488 Å². The third kappa shape index (κ3) is 75.4. The second-order valence-electron chi connectivity index (χ2n) is 28.8. The van der Waals surface area contributed by atoms with Gasteiger partial charge in [-0.1, -0.05) is 430 Å². The van der Waals surface area contributed by atoms with Crippen molar-refractivity contribution in [3.05, 3.63) is 24.3 Å². The topological polar surface area (TPSA) is 95.9 Å². The SMILES string of the molecule is CCCCCCCCCCCCCCCCCCCCCC(=O)OCCCCCCCCCCCCC/C=C\C/C=C\CCCCCCCCCCCCCCCCCCCC(=O)NC(CO)C(O)CCCCCCCCCCCCCCCCCCCCC. The number of hydrogen-bond acceptors (Lipinski definition) is 5. The fourth-order valence-corrected chi connectivity index (χ4v) is 13.4. The summed E-state index contributed by atoms with van der Waals surface area (Å²) < 4.78 is 5.52. The molecule has 0 aromatic rings. The molecule has 0 aliphatic heterocycles. The van der Waals surface area contributed by atoms with Gasteiger partial charge in [0, 0.05) is 12.8 Å². The molecule has 1 amide bonds. The molecule has 90 heavy (non-hydrogen) atoms. The van der Waals surface area contributed by atoms with Crippen LogP contribution in [-0.2, 0) is 14.3 Å². The molecule has 0 aromatic heterocycles. The maximum atomic E-state index is 12.6. The first-order valence-corrected chi connectivity index (χ1v) is 41.6. The van der Waals surface area contributed by atoms with Crippen LogP contribution in [0, 0.1) is 0 Å². The molecule has 0 bridgehead atoms. The van der Waals surface area contributed by atoms with E-state index in [1.54, 1.807) is 0 Å². The lowest BCUT2D eigenvalue weighted by Crippen LogP contribution is -2.45. The van der Waals surface area contributed by atoms with Gasteiger partial charge < -0.3 is 20.3 Å². The van der Waals surface area contributed by atoms with Gasteiger partial charge in [0.1, 0.15) is 0 Å². The van der Waals surface area contributed by atoms with Gasteiger partial charge in [-0.2, -0.15) is 0 Å². The second kappa shape index (κ2) is 79.8. The number of esters is 1. The molecule has 0 saturated carbocycles. The molecule has 0 aliphatic carbocycles. The average molecular weight is 1270 g/mol. The summed E-state index contributed by atoms with van der Waals surface area (Å²) in [5.74, 6) is -0.00484. The zero-order valence-electron chi connectivity index (χ0n) is 61.4. The summed E-state index contributed by atoms with van der Waals surface area (Å²) in [4.78, 5) is 24.7. The molecular weight excluding hydrogens is 1100 g/mol. The maximum Gasteiger partial charge on any atom is 0.305 e. The van der Waals surface area contributed by atoms with Crippen molar-refractivity contribution in [1.82, 2.24) is 5.32 Å². The minimum absolute atomic E-state index is 0.0228. The van der Waals surface area contributed by atoms with Crippen molar-refractivity contribution in [3.63, 3.8) is 0 Å². The number of rotatable bonds is 79. The van der Waals surface area contributed by atoms with Crippen molar-refractivity contribution >= 4 is 11.9 Å². The summed E-state index contributed by atoms with van der Waals surface area (Å²) in [6, 6.07) is -0.540. The van der Waals surface area contributed by atoms with Crippen molar-refractivity contribution < 1.29 is 24.5 Å². The number of unbranched alkanes of at least 4 members (excludes halogenated alkanes) is 64. The van der Waals surface area contributed by atoms with Gasteiger partial charge in [0.25, 0.3) is 0 Å². The number of carbonyl (C=O) groups is 2. The number of aliphatic hydroxyl groups is 2. The van der Waals surface area contributed by atoms with Crippen LogP contribution in [0.5, 0.6) is 0 Å². The van der Waals surface area contributed by atoms with Gasteiger partial charge in [0.15, 0.2) is 0 Å². The van der Waals surface area contributed by atoms with Crippen LogP contribution >= 0.6 is 0 Å². The predicted molar refractivity (Wildman–Crippen MR) is 398 cm³/mol. The number of amides is 1. The molecule has 0 saturated heterocycles. The van der Waals surface area contributed by atoms with E-state index in [0.29, 0.717) is 25.9 Å². The first kappa shape index (κ1) is 88.3. The third-order valence-electron chi connectivity index (χ3n) is 19.8. The quantitative estimate of drug-likeness (QED) is 0.0320. The Balaban J connectivity index is 3.35. The molecule has 2 unspecified atom stereocenters. The zero-order chi connectivity index (χ0) is 64.9. The van der Waals surface area contributed by atoms with Gasteiger partial charge in [-0.15, -0.1) is 0 Å². The maximum absolute atomic E-state index is 12.6. The Morgan fingerprint density at radius 1 is 0.311 bits per heavy atom. The van der Waals surface area contributed by atoms with Crippen molar-refractivity contribution in [2.24, 2.45) is 0 Å². The molecule has 6 nitrogen and oxygen atoms in total. The van der Waals surface area contributed by atoms with E-state index < -0.39 is 12.1 Å². The van der Waals surface area contributed by atoms with E-state index in [2.05, 4.69) is 43.5 Å². The van der Waals surface area contributed by atoms with Crippen LogP contribution in [0.1, 0.15) is 476 Å². The Bertz CT molecular complexity index is 1410. The van der Waals surface area contributed by atoms with E-state index in [0.717, 1.165) is 44.9 Å². The zero-order valence-corrected chi connectivity index (χ0v) is 61.4. The van der Waals surface area contributed by atoms with E-state index in [1.165, 1.54) is 398 Å². The first-order chi connectivity index (χ1) is 44.5. The van der Waals surface area contributed by atoms with Crippen molar-refractivity contribution in [1.29, 1.82) is 0 Å². The fraction of sp³-hybridized carbons (Fsp3) is 0.929. The number of carbonyl (C=O) groups excluding carboxylic acids is 2. The average Bonchev–Trinajstić information content (AvgIpc) is 3.74. The van der Waals surface area contributed by atoms with Gasteiger partial charge in [-0.25, -0.2) is 0 Å². The lowest BCUT2D eigenvalue weighted by atomic mass is 10.0. The van der Waals surface area contributed by atoms with Crippen LogP contribution in [0.25, 0.3) is 0 Å². The molecule has 6 heteroatoms. The number of nitrogens with one attached hydrogen (secondary N) is 1. The van der Waals surface area contributed by atoms with Crippen LogP contribution in [0.4, 0.5) is 0 Å². The summed E-state index contributed by atoms with van der Waals surface area (Å²) in [7, 11) is 0. The smallest absolute Gasteiger partial charge is 0.305 e. The van der Waals surface area contributed by atoms with Gasteiger partial charge in [-0.05, 0) is 57.8 Å². The summed E-state index contributed by atoms with van der Waals surface area (Å²) >= 11 is 0. The first-order valence-electron chi connectivity index (χ1n) is 41.6. The van der Waals surface area contributed by atoms with Gasteiger partial charge in [0.05, 0.1) is 25.4 Å². The highest BCUT2D eigenvalue weighted by Crippen LogP contribution is 2.20. The summed E-state index contributed by atoms with van der Waals surface area (Å²) in [5.41, 5.74) is 0. The molecule has 0 rings (SSSR count). The van der Waals surface area contributed by atoms with Gasteiger partial charge >= 0.3 is 5.97 Å². The minimum atomic E-state index is -0.663. The minimum Gasteiger partial charge on any atom is -0.466 e. The highest BCUT2D eigenvalue weighted by molar-refractivity contribution is 5.76. The molecule has 0 fully saturated rings. The van der Waals surface area contributed by atoms with Crippen LogP contribution in [0.3, 0.4) is 0 Å². The Hall–Kier alpha value is -1.66. The molecular formula is C84H163NO5.